The first-order valence-electron chi connectivity index (χ1n) is 12.6. The topological polar surface area (TPSA) is 113 Å². The van der Waals surface area contributed by atoms with Crippen molar-refractivity contribution in [1.82, 2.24) is 5.32 Å². The number of rotatable bonds is 5. The summed E-state index contributed by atoms with van der Waals surface area (Å²) >= 11 is 0. The number of carbonyl (C=O) groups excluding carboxylic acids is 2. The van der Waals surface area contributed by atoms with Gasteiger partial charge in [-0.1, -0.05) is 6.07 Å². The molecule has 214 valence electrons. The van der Waals surface area contributed by atoms with Gasteiger partial charge in [-0.25, -0.2) is 0 Å². The number of cyclic esters (lactones) is 1. The smallest absolute Gasteiger partial charge is 0.416 e. The minimum atomic E-state index is -4.62. The number of aromatic hydroxyl groups is 1. The second-order valence-corrected chi connectivity index (χ2v) is 9.94. The Morgan fingerprint density at radius 3 is 2.27 bits per heavy atom. The van der Waals surface area contributed by atoms with Crippen molar-refractivity contribution in [1.29, 1.82) is 0 Å². The molecule has 1 amide bonds. The van der Waals surface area contributed by atoms with E-state index in [1.165, 1.54) is 20.3 Å². The highest BCUT2D eigenvalue weighted by atomic mass is 19.4. The summed E-state index contributed by atoms with van der Waals surface area (Å²) in [5.74, 6) is -2.36. The van der Waals surface area contributed by atoms with E-state index in [0.29, 0.717) is 28.2 Å². The molecular formula is C29H24F3NO8. The number of nitrogens with one attached hydrogen (secondary N) is 1. The van der Waals surface area contributed by atoms with Crippen LogP contribution in [0.2, 0.25) is 0 Å². The van der Waals surface area contributed by atoms with Crippen LogP contribution in [0.15, 0.2) is 48.5 Å². The highest BCUT2D eigenvalue weighted by Gasteiger charge is 2.53. The van der Waals surface area contributed by atoms with E-state index in [-0.39, 0.29) is 36.2 Å². The molecule has 2 aliphatic heterocycles. The van der Waals surface area contributed by atoms with Gasteiger partial charge in [0.15, 0.2) is 23.0 Å². The Morgan fingerprint density at radius 2 is 1.63 bits per heavy atom. The van der Waals surface area contributed by atoms with E-state index in [9.17, 15) is 27.9 Å². The van der Waals surface area contributed by atoms with Gasteiger partial charge in [0.05, 0.1) is 38.3 Å². The van der Waals surface area contributed by atoms with Gasteiger partial charge in [-0.15, -0.1) is 0 Å². The van der Waals surface area contributed by atoms with Gasteiger partial charge in [0.1, 0.15) is 0 Å². The Morgan fingerprint density at radius 1 is 0.976 bits per heavy atom. The monoisotopic (exact) mass is 571 g/mol. The van der Waals surface area contributed by atoms with Gasteiger partial charge < -0.3 is 34.1 Å². The number of hydrogen-bond acceptors (Lipinski definition) is 8. The van der Waals surface area contributed by atoms with Crippen LogP contribution >= 0.6 is 0 Å². The molecule has 0 saturated carbocycles. The summed E-state index contributed by atoms with van der Waals surface area (Å²) in [5, 5.41) is 13.4. The molecular weight excluding hydrogens is 547 g/mol. The molecule has 0 radical (unpaired) electrons. The summed E-state index contributed by atoms with van der Waals surface area (Å²) in [4.78, 5) is 26.6. The molecule has 12 heteroatoms. The Balaban J connectivity index is 1.48. The number of fused-ring (bicyclic) bond motifs is 3. The van der Waals surface area contributed by atoms with E-state index in [4.69, 9.17) is 23.7 Å². The molecule has 1 aliphatic carbocycles. The highest BCUT2D eigenvalue weighted by Crippen LogP contribution is 2.55. The Bertz CT molecular complexity index is 1530. The lowest BCUT2D eigenvalue weighted by Crippen LogP contribution is -2.42. The van der Waals surface area contributed by atoms with Crippen molar-refractivity contribution in [3.05, 3.63) is 76.3 Å². The molecule has 3 aromatic carbocycles. The molecule has 0 aromatic heterocycles. The van der Waals surface area contributed by atoms with E-state index in [1.54, 1.807) is 24.3 Å². The molecule has 0 bridgehead atoms. The summed E-state index contributed by atoms with van der Waals surface area (Å²) in [7, 11) is 2.77. The number of amides is 1. The summed E-state index contributed by atoms with van der Waals surface area (Å²) in [6, 6.07) is 9.94. The Kier molecular flexibility index (Phi) is 6.35. The maximum Gasteiger partial charge on any atom is 0.416 e. The van der Waals surface area contributed by atoms with Gasteiger partial charge in [-0.05, 0) is 59.2 Å². The zero-order valence-corrected chi connectivity index (χ0v) is 21.8. The van der Waals surface area contributed by atoms with Crippen LogP contribution in [0.25, 0.3) is 0 Å². The molecule has 6 rings (SSSR count). The number of halogens is 3. The van der Waals surface area contributed by atoms with Crippen LogP contribution in [0.4, 0.5) is 13.2 Å². The predicted molar refractivity (Wildman–Crippen MR) is 135 cm³/mol. The molecule has 41 heavy (non-hydrogen) atoms. The molecule has 3 aromatic rings. The lowest BCUT2D eigenvalue weighted by Gasteiger charge is -2.39. The van der Waals surface area contributed by atoms with E-state index in [1.807, 2.05) is 0 Å². The molecule has 1 fully saturated rings. The first-order valence-corrected chi connectivity index (χ1v) is 12.6. The van der Waals surface area contributed by atoms with E-state index < -0.39 is 47.4 Å². The van der Waals surface area contributed by atoms with Crippen LogP contribution in [0, 0.1) is 11.8 Å². The van der Waals surface area contributed by atoms with Gasteiger partial charge in [-0.3, -0.25) is 9.59 Å². The number of carbonyl (C=O) groups is 2. The largest absolute Gasteiger partial charge is 0.502 e. The van der Waals surface area contributed by atoms with Crippen molar-refractivity contribution in [2.75, 3.05) is 27.6 Å². The van der Waals surface area contributed by atoms with Gasteiger partial charge in [0, 0.05) is 17.4 Å². The fourth-order valence-electron chi connectivity index (χ4n) is 5.90. The fraction of sp³-hybridized carbons (Fsp3) is 0.310. The van der Waals surface area contributed by atoms with Crippen molar-refractivity contribution in [3.8, 4) is 28.7 Å². The molecule has 3 aliphatic rings. The lowest BCUT2D eigenvalue weighted by molar-refractivity contribution is -0.141. The number of phenols is 1. The molecule has 2 N–H and O–H groups in total. The molecule has 4 atom stereocenters. The van der Waals surface area contributed by atoms with Gasteiger partial charge in [-0.2, -0.15) is 13.2 Å². The second-order valence-electron chi connectivity index (χ2n) is 9.94. The molecule has 1 saturated heterocycles. The van der Waals surface area contributed by atoms with Crippen molar-refractivity contribution in [3.63, 3.8) is 0 Å². The number of ether oxygens (including phenoxy) is 5. The average molecular weight is 572 g/mol. The van der Waals surface area contributed by atoms with Crippen LogP contribution < -0.4 is 24.3 Å². The summed E-state index contributed by atoms with van der Waals surface area (Å²) in [6.45, 7) is -0.0618. The van der Waals surface area contributed by atoms with Crippen LogP contribution in [0.3, 0.4) is 0 Å². The van der Waals surface area contributed by atoms with Gasteiger partial charge in [0.25, 0.3) is 5.91 Å². The number of benzene rings is 3. The minimum Gasteiger partial charge on any atom is -0.502 e. The molecule has 9 nitrogen and oxygen atoms in total. The SMILES string of the molecule is COc1cc([C@@H]2c3cc4c(cc3[C@@H](NC(=O)c3cccc(C(F)(F)F)c3)[C@H]3COC(=O)[C@H]23)OCO4)cc(OC)c1O. The van der Waals surface area contributed by atoms with Crippen molar-refractivity contribution in [2.24, 2.45) is 11.8 Å². The van der Waals surface area contributed by atoms with Crippen molar-refractivity contribution in [2.45, 2.75) is 18.1 Å². The third-order valence-electron chi connectivity index (χ3n) is 7.79. The van der Waals surface area contributed by atoms with Crippen LogP contribution in [-0.2, 0) is 15.7 Å². The number of phenolic OH excluding ortho intramolecular Hbond substituents is 1. The lowest BCUT2D eigenvalue weighted by atomic mass is 9.65. The second kappa shape index (κ2) is 9.79. The number of hydrogen-bond donors (Lipinski definition) is 2. The van der Waals surface area contributed by atoms with Crippen molar-refractivity contribution >= 4 is 11.9 Å². The van der Waals surface area contributed by atoms with Gasteiger partial charge in [0.2, 0.25) is 12.5 Å². The fourth-order valence-corrected chi connectivity index (χ4v) is 5.90. The van der Waals surface area contributed by atoms with Crippen molar-refractivity contribution < 1.29 is 51.6 Å². The minimum absolute atomic E-state index is 0.0279. The zero-order chi connectivity index (χ0) is 29.1. The number of esters is 1. The van der Waals surface area contributed by atoms with E-state index in [0.717, 1.165) is 18.2 Å². The number of methoxy groups -OCH3 is 2. The number of alkyl halides is 3. The quantitative estimate of drug-likeness (QED) is 0.429. The average Bonchev–Trinajstić information content (AvgIpc) is 3.58. The first kappa shape index (κ1) is 26.6. The van der Waals surface area contributed by atoms with E-state index in [2.05, 4.69) is 5.32 Å². The highest BCUT2D eigenvalue weighted by molar-refractivity contribution is 5.95. The molecule has 0 unspecified atom stereocenters. The third-order valence-corrected chi connectivity index (χ3v) is 7.79. The summed E-state index contributed by atoms with van der Waals surface area (Å²) < 4.78 is 67.4. The zero-order valence-electron chi connectivity index (χ0n) is 21.8. The Hall–Kier alpha value is -4.61. The summed E-state index contributed by atoms with van der Waals surface area (Å²) in [5.41, 5.74) is 0.640. The van der Waals surface area contributed by atoms with Crippen LogP contribution in [0.5, 0.6) is 28.7 Å². The molecule has 0 spiro atoms. The van der Waals surface area contributed by atoms with Crippen LogP contribution in [0.1, 0.15) is 44.6 Å². The normalized spacial score (nSPS) is 22.4. The predicted octanol–water partition coefficient (Wildman–Crippen LogP) is 4.56. The maximum absolute atomic E-state index is 13.3. The maximum atomic E-state index is 13.3. The van der Waals surface area contributed by atoms with E-state index >= 15 is 0 Å². The standard InChI is InChI=1S/C29H24F3NO8/c1-37-21-7-14(8-22(38-2)26(21)34)23-16-9-19-20(41-12-40-19)10-17(16)25(18-11-39-28(36)24(18)23)33-27(35)13-4-3-5-15(6-13)29(30,31)32/h3-10,18,23-25,34H,11-12H2,1-2H3,(H,33,35)/t18-,23+,24-,25+/m0/s1. The van der Waals surface area contributed by atoms with Gasteiger partial charge >= 0.3 is 12.1 Å². The first-order chi connectivity index (χ1) is 19.6. The summed E-state index contributed by atoms with van der Waals surface area (Å²) in [6.07, 6.45) is -4.62. The Labute approximate surface area is 231 Å². The molecule has 2 heterocycles. The van der Waals surface area contributed by atoms with Crippen LogP contribution in [-0.4, -0.2) is 44.6 Å². The third kappa shape index (κ3) is 4.43.